The SMILES string of the molecule is CCN(CC)S(=O)(=O)c1ccc(/C=C/C(=O)Nc2sc3c(c2C(N)=O)CCCC3)cc1. The number of amides is 2. The van der Waals surface area contributed by atoms with Gasteiger partial charge >= 0.3 is 0 Å². The second-order valence-corrected chi connectivity index (χ2v) is 10.3. The van der Waals surface area contributed by atoms with Gasteiger partial charge in [-0.15, -0.1) is 11.3 Å². The molecule has 0 spiro atoms. The Morgan fingerprint density at radius 2 is 1.77 bits per heavy atom. The summed E-state index contributed by atoms with van der Waals surface area (Å²) in [7, 11) is -3.52. The van der Waals surface area contributed by atoms with Crippen LogP contribution in [0.5, 0.6) is 0 Å². The van der Waals surface area contributed by atoms with Crippen LogP contribution in [0.3, 0.4) is 0 Å². The molecule has 31 heavy (non-hydrogen) atoms. The number of carbonyl (C=O) groups excluding carboxylic acids is 2. The zero-order chi connectivity index (χ0) is 22.6. The minimum atomic E-state index is -3.52. The first-order valence-corrected chi connectivity index (χ1v) is 12.6. The lowest BCUT2D eigenvalue weighted by molar-refractivity contribution is -0.111. The molecule has 1 aromatic carbocycles. The Kier molecular flexibility index (Phi) is 7.30. The van der Waals surface area contributed by atoms with Crippen molar-refractivity contribution in [2.75, 3.05) is 18.4 Å². The topological polar surface area (TPSA) is 110 Å². The number of nitrogens with zero attached hydrogens (tertiary/aromatic N) is 1. The molecular formula is C22H27N3O4S2. The Morgan fingerprint density at radius 1 is 1.13 bits per heavy atom. The predicted octanol–water partition coefficient (Wildman–Crippen LogP) is 3.41. The largest absolute Gasteiger partial charge is 0.365 e. The molecule has 2 amide bonds. The van der Waals surface area contributed by atoms with E-state index in [-0.39, 0.29) is 10.8 Å². The lowest BCUT2D eigenvalue weighted by Crippen LogP contribution is -2.30. The van der Waals surface area contributed by atoms with E-state index >= 15 is 0 Å². The normalized spacial score (nSPS) is 14.0. The number of rotatable bonds is 8. The van der Waals surface area contributed by atoms with Gasteiger partial charge < -0.3 is 11.1 Å². The van der Waals surface area contributed by atoms with Gasteiger partial charge in [-0.2, -0.15) is 4.31 Å². The molecule has 166 valence electrons. The highest BCUT2D eigenvalue weighted by Gasteiger charge is 2.24. The van der Waals surface area contributed by atoms with E-state index in [1.165, 1.54) is 33.9 Å². The predicted molar refractivity (Wildman–Crippen MR) is 124 cm³/mol. The maximum atomic E-state index is 12.6. The molecule has 1 aliphatic carbocycles. The van der Waals surface area contributed by atoms with Crippen molar-refractivity contribution in [3.63, 3.8) is 0 Å². The molecule has 0 saturated carbocycles. The number of nitrogens with two attached hydrogens (primary N) is 1. The van der Waals surface area contributed by atoms with E-state index in [1.807, 2.05) is 0 Å². The third-order valence-electron chi connectivity index (χ3n) is 5.30. The van der Waals surface area contributed by atoms with Crippen molar-refractivity contribution in [1.29, 1.82) is 0 Å². The Bertz CT molecular complexity index is 1100. The maximum Gasteiger partial charge on any atom is 0.251 e. The summed E-state index contributed by atoms with van der Waals surface area (Å²) in [4.78, 5) is 25.7. The number of anilines is 1. The Morgan fingerprint density at radius 3 is 2.39 bits per heavy atom. The lowest BCUT2D eigenvalue weighted by atomic mass is 9.95. The molecule has 0 unspecified atom stereocenters. The average Bonchev–Trinajstić information content (AvgIpc) is 3.11. The number of benzene rings is 1. The molecule has 0 radical (unpaired) electrons. The summed E-state index contributed by atoms with van der Waals surface area (Å²) in [6.07, 6.45) is 6.74. The number of nitrogens with one attached hydrogen (secondary N) is 1. The van der Waals surface area contributed by atoms with Crippen LogP contribution in [0.25, 0.3) is 6.08 Å². The van der Waals surface area contributed by atoms with E-state index in [1.54, 1.807) is 32.1 Å². The average molecular weight is 462 g/mol. The highest BCUT2D eigenvalue weighted by atomic mass is 32.2. The second kappa shape index (κ2) is 9.76. The number of aryl methyl sites for hydroxylation is 1. The van der Waals surface area contributed by atoms with Crippen LogP contribution in [-0.4, -0.2) is 37.6 Å². The molecule has 1 aliphatic rings. The standard InChI is InChI=1S/C22H27N3O4S2/c1-3-25(4-2)31(28,29)16-12-9-15(10-13-16)11-14-19(26)24-22-20(21(23)27)17-7-5-6-8-18(17)30-22/h9-14H,3-8H2,1-2H3,(H2,23,27)(H,24,26)/b14-11+. The fraction of sp³-hybridized carbons (Fsp3) is 0.364. The first-order valence-electron chi connectivity index (χ1n) is 10.3. The molecule has 0 atom stereocenters. The summed E-state index contributed by atoms with van der Waals surface area (Å²) < 4.78 is 26.5. The van der Waals surface area contributed by atoms with Crippen LogP contribution in [0.15, 0.2) is 35.2 Å². The molecule has 0 bridgehead atoms. The third kappa shape index (κ3) is 5.06. The van der Waals surface area contributed by atoms with E-state index in [4.69, 9.17) is 5.73 Å². The first-order chi connectivity index (χ1) is 14.8. The summed E-state index contributed by atoms with van der Waals surface area (Å²) in [6, 6.07) is 6.37. The highest BCUT2D eigenvalue weighted by Crippen LogP contribution is 2.37. The summed E-state index contributed by atoms with van der Waals surface area (Å²) in [6.45, 7) is 4.40. The van der Waals surface area contributed by atoms with Gasteiger partial charge in [0.05, 0.1) is 10.5 Å². The highest BCUT2D eigenvalue weighted by molar-refractivity contribution is 7.89. The number of carbonyl (C=O) groups is 2. The number of hydrogen-bond donors (Lipinski definition) is 2. The molecule has 0 aliphatic heterocycles. The van der Waals surface area contributed by atoms with Gasteiger partial charge in [-0.3, -0.25) is 9.59 Å². The van der Waals surface area contributed by atoms with Crippen LogP contribution in [0.4, 0.5) is 5.00 Å². The lowest BCUT2D eigenvalue weighted by Gasteiger charge is -2.18. The number of fused-ring (bicyclic) bond motifs is 1. The third-order valence-corrected chi connectivity index (χ3v) is 8.58. The van der Waals surface area contributed by atoms with Crippen LogP contribution in [-0.2, 0) is 27.7 Å². The van der Waals surface area contributed by atoms with Crippen molar-refractivity contribution in [3.8, 4) is 0 Å². The van der Waals surface area contributed by atoms with Gasteiger partial charge in [0.25, 0.3) is 5.91 Å². The summed E-state index contributed by atoms with van der Waals surface area (Å²) >= 11 is 1.41. The fourth-order valence-corrected chi connectivity index (χ4v) is 6.46. The first kappa shape index (κ1) is 23.2. The quantitative estimate of drug-likeness (QED) is 0.587. The van der Waals surface area contributed by atoms with Gasteiger partial charge in [0.2, 0.25) is 15.9 Å². The van der Waals surface area contributed by atoms with Crippen LogP contribution in [0.1, 0.15) is 53.1 Å². The van der Waals surface area contributed by atoms with Crippen LogP contribution >= 0.6 is 11.3 Å². The molecule has 7 nitrogen and oxygen atoms in total. The number of primary amides is 1. The van der Waals surface area contributed by atoms with Crippen molar-refractivity contribution < 1.29 is 18.0 Å². The van der Waals surface area contributed by atoms with Crippen LogP contribution in [0.2, 0.25) is 0 Å². The van der Waals surface area contributed by atoms with Gasteiger partial charge in [-0.25, -0.2) is 8.42 Å². The zero-order valence-electron chi connectivity index (χ0n) is 17.7. The Hall–Kier alpha value is -2.49. The van der Waals surface area contributed by atoms with Crippen molar-refractivity contribution in [1.82, 2.24) is 4.31 Å². The van der Waals surface area contributed by atoms with E-state index < -0.39 is 15.9 Å². The summed E-state index contributed by atoms with van der Waals surface area (Å²) in [5.74, 6) is -0.899. The van der Waals surface area contributed by atoms with Gasteiger partial charge in [0.1, 0.15) is 5.00 Å². The minimum absolute atomic E-state index is 0.216. The molecule has 3 N–H and O–H groups in total. The number of thiophene rings is 1. The van der Waals surface area contributed by atoms with Crippen molar-refractivity contribution in [2.24, 2.45) is 5.73 Å². The summed E-state index contributed by atoms with van der Waals surface area (Å²) in [5.41, 5.74) is 7.64. The molecule has 1 heterocycles. The van der Waals surface area contributed by atoms with Crippen molar-refractivity contribution in [2.45, 2.75) is 44.4 Å². The minimum Gasteiger partial charge on any atom is -0.365 e. The Labute approximate surface area is 187 Å². The monoisotopic (exact) mass is 461 g/mol. The van der Waals surface area contributed by atoms with Gasteiger partial charge in [-0.1, -0.05) is 26.0 Å². The van der Waals surface area contributed by atoms with Crippen LogP contribution < -0.4 is 11.1 Å². The zero-order valence-corrected chi connectivity index (χ0v) is 19.3. The molecular weight excluding hydrogens is 434 g/mol. The van der Waals surface area contributed by atoms with Gasteiger partial charge in [0, 0.05) is 24.0 Å². The Balaban J connectivity index is 1.73. The van der Waals surface area contributed by atoms with E-state index in [9.17, 15) is 18.0 Å². The molecule has 0 saturated heterocycles. The molecule has 3 rings (SSSR count). The maximum absolute atomic E-state index is 12.6. The fourth-order valence-electron chi connectivity index (χ4n) is 3.70. The molecule has 0 fully saturated rings. The molecule has 2 aromatic rings. The molecule has 9 heteroatoms. The molecule has 1 aromatic heterocycles. The van der Waals surface area contributed by atoms with Gasteiger partial charge in [0.15, 0.2) is 0 Å². The smallest absolute Gasteiger partial charge is 0.251 e. The van der Waals surface area contributed by atoms with Crippen molar-refractivity contribution >= 4 is 44.3 Å². The summed E-state index contributed by atoms with van der Waals surface area (Å²) in [5, 5.41) is 3.27. The van der Waals surface area contributed by atoms with Crippen LogP contribution in [0, 0.1) is 0 Å². The second-order valence-electron chi connectivity index (χ2n) is 7.26. The van der Waals surface area contributed by atoms with Crippen molar-refractivity contribution in [3.05, 3.63) is 51.9 Å². The van der Waals surface area contributed by atoms with E-state index in [0.717, 1.165) is 36.1 Å². The van der Waals surface area contributed by atoms with Gasteiger partial charge in [-0.05, 0) is 55.0 Å². The number of sulfonamides is 1. The van der Waals surface area contributed by atoms with E-state index in [2.05, 4.69) is 5.32 Å². The van der Waals surface area contributed by atoms with E-state index in [0.29, 0.717) is 29.2 Å². The number of hydrogen-bond acceptors (Lipinski definition) is 5.